The average Bonchev–Trinajstić information content (AvgIpc) is 2.63. The van der Waals surface area contributed by atoms with Gasteiger partial charge in [0.05, 0.1) is 25.9 Å². The van der Waals surface area contributed by atoms with Gasteiger partial charge in [-0.2, -0.15) is 0 Å². The van der Waals surface area contributed by atoms with Crippen molar-refractivity contribution in [2.24, 2.45) is 4.99 Å². The summed E-state index contributed by atoms with van der Waals surface area (Å²) in [5.41, 5.74) is 1.06. The number of rotatable bonds is 13. The Bertz CT molecular complexity index is 498. The number of aromatic nitrogens is 1. The summed E-state index contributed by atoms with van der Waals surface area (Å²) in [5.74, 6) is 1.37. The number of guanidine groups is 1. The van der Waals surface area contributed by atoms with E-state index in [4.69, 9.17) is 14.2 Å². The van der Waals surface area contributed by atoms with Crippen LogP contribution in [0.3, 0.4) is 0 Å². The molecule has 0 saturated carbocycles. The SMILES string of the molecule is CCCCOCCOCCNC(=NC)NCc1ccc(OC(C)C)nc1.I. The first-order chi connectivity index (χ1) is 12.7. The Morgan fingerprint density at radius 2 is 1.85 bits per heavy atom. The number of halogens is 1. The summed E-state index contributed by atoms with van der Waals surface area (Å²) in [6.45, 7) is 10.1. The maximum Gasteiger partial charge on any atom is 0.213 e. The molecule has 1 aromatic heterocycles. The number of pyridine rings is 1. The molecule has 0 spiro atoms. The zero-order valence-electron chi connectivity index (χ0n) is 17.0. The molecule has 0 aromatic carbocycles. The quantitative estimate of drug-likeness (QED) is 0.190. The van der Waals surface area contributed by atoms with E-state index in [1.165, 1.54) is 0 Å². The zero-order chi connectivity index (χ0) is 19.0. The topological polar surface area (TPSA) is 77.0 Å². The second-order valence-corrected chi connectivity index (χ2v) is 6.10. The molecule has 0 radical (unpaired) electrons. The Hall–Kier alpha value is -1.13. The molecule has 1 aromatic rings. The summed E-state index contributed by atoms with van der Waals surface area (Å²) in [6.07, 6.45) is 4.19. The smallest absolute Gasteiger partial charge is 0.213 e. The molecule has 7 nitrogen and oxygen atoms in total. The Kier molecular flexibility index (Phi) is 16.3. The Morgan fingerprint density at radius 3 is 2.44 bits per heavy atom. The molecule has 0 fully saturated rings. The fourth-order valence-corrected chi connectivity index (χ4v) is 2.04. The average molecular weight is 494 g/mol. The lowest BCUT2D eigenvalue weighted by Gasteiger charge is -2.13. The van der Waals surface area contributed by atoms with Gasteiger partial charge in [0.1, 0.15) is 0 Å². The highest BCUT2D eigenvalue weighted by Crippen LogP contribution is 2.09. The molecule has 1 heterocycles. The van der Waals surface area contributed by atoms with Gasteiger partial charge >= 0.3 is 0 Å². The van der Waals surface area contributed by atoms with Gasteiger partial charge in [-0.25, -0.2) is 4.98 Å². The van der Waals surface area contributed by atoms with Gasteiger partial charge in [-0.1, -0.05) is 19.4 Å². The van der Waals surface area contributed by atoms with Crippen LogP contribution in [0.15, 0.2) is 23.3 Å². The van der Waals surface area contributed by atoms with Crippen molar-refractivity contribution in [1.82, 2.24) is 15.6 Å². The maximum atomic E-state index is 5.54. The number of aliphatic imine (C=N–C) groups is 1. The minimum atomic E-state index is 0. The second kappa shape index (κ2) is 17.0. The minimum absolute atomic E-state index is 0. The number of hydrogen-bond donors (Lipinski definition) is 2. The highest BCUT2D eigenvalue weighted by Gasteiger charge is 2.01. The predicted molar refractivity (Wildman–Crippen MR) is 120 cm³/mol. The molecule has 0 unspecified atom stereocenters. The molecular weight excluding hydrogens is 459 g/mol. The first kappa shape index (κ1) is 25.9. The molecule has 2 N–H and O–H groups in total. The van der Waals surface area contributed by atoms with E-state index in [1.807, 2.05) is 26.0 Å². The Balaban J connectivity index is 0.00000676. The number of unbranched alkanes of at least 4 members (excludes halogenated alkanes) is 1. The van der Waals surface area contributed by atoms with E-state index in [9.17, 15) is 0 Å². The van der Waals surface area contributed by atoms with Crippen molar-refractivity contribution in [1.29, 1.82) is 0 Å². The minimum Gasteiger partial charge on any atom is -0.475 e. The highest BCUT2D eigenvalue weighted by molar-refractivity contribution is 14.0. The summed E-state index contributed by atoms with van der Waals surface area (Å²) in [6, 6.07) is 3.87. The lowest BCUT2D eigenvalue weighted by molar-refractivity contribution is 0.0487. The number of nitrogens with one attached hydrogen (secondary N) is 2. The van der Waals surface area contributed by atoms with Gasteiger partial charge in [-0.3, -0.25) is 4.99 Å². The standard InChI is InChI=1S/C19H34N4O3.HI/c1-5-6-10-24-12-13-25-11-9-21-19(20-4)23-15-17-7-8-18(22-14-17)26-16(2)3;/h7-8,14,16H,5-6,9-13,15H2,1-4H3,(H2,20,21,23);1H. The number of ether oxygens (including phenoxy) is 3. The Labute approximate surface area is 180 Å². The van der Waals surface area contributed by atoms with Crippen LogP contribution in [-0.2, 0) is 16.0 Å². The van der Waals surface area contributed by atoms with Crippen molar-refractivity contribution in [2.45, 2.75) is 46.3 Å². The number of hydrogen-bond acceptors (Lipinski definition) is 5. The molecule has 0 atom stereocenters. The molecule has 156 valence electrons. The third-order valence-corrected chi connectivity index (χ3v) is 3.39. The van der Waals surface area contributed by atoms with Crippen molar-refractivity contribution in [3.05, 3.63) is 23.9 Å². The van der Waals surface area contributed by atoms with E-state index >= 15 is 0 Å². The Morgan fingerprint density at radius 1 is 1.11 bits per heavy atom. The lowest BCUT2D eigenvalue weighted by Crippen LogP contribution is -2.38. The lowest BCUT2D eigenvalue weighted by atomic mass is 10.3. The van der Waals surface area contributed by atoms with Crippen LogP contribution in [0.4, 0.5) is 0 Å². The van der Waals surface area contributed by atoms with Crippen molar-refractivity contribution in [3.63, 3.8) is 0 Å². The molecule has 0 saturated heterocycles. The fourth-order valence-electron chi connectivity index (χ4n) is 2.04. The molecule has 0 aliphatic rings. The van der Waals surface area contributed by atoms with Crippen LogP contribution in [0.1, 0.15) is 39.2 Å². The van der Waals surface area contributed by atoms with Crippen LogP contribution < -0.4 is 15.4 Å². The molecular formula is C19H35IN4O3. The summed E-state index contributed by atoms with van der Waals surface area (Å²) in [4.78, 5) is 8.49. The third-order valence-electron chi connectivity index (χ3n) is 3.39. The number of nitrogens with zero attached hydrogens (tertiary/aromatic N) is 2. The van der Waals surface area contributed by atoms with Crippen LogP contribution in [0.2, 0.25) is 0 Å². The van der Waals surface area contributed by atoms with E-state index in [2.05, 4.69) is 27.5 Å². The van der Waals surface area contributed by atoms with E-state index < -0.39 is 0 Å². The fraction of sp³-hybridized carbons (Fsp3) is 0.684. The summed E-state index contributed by atoms with van der Waals surface area (Å²) >= 11 is 0. The summed E-state index contributed by atoms with van der Waals surface area (Å²) in [5, 5.41) is 6.47. The largest absolute Gasteiger partial charge is 0.475 e. The molecule has 0 amide bonds. The van der Waals surface area contributed by atoms with Gasteiger partial charge < -0.3 is 24.8 Å². The molecule has 1 rings (SSSR count). The van der Waals surface area contributed by atoms with E-state index in [0.717, 1.165) is 31.0 Å². The third kappa shape index (κ3) is 13.7. The van der Waals surface area contributed by atoms with Gasteiger partial charge in [0.25, 0.3) is 0 Å². The van der Waals surface area contributed by atoms with Crippen LogP contribution in [0.5, 0.6) is 5.88 Å². The molecule has 8 heteroatoms. The molecule has 27 heavy (non-hydrogen) atoms. The van der Waals surface area contributed by atoms with Crippen LogP contribution in [-0.4, -0.2) is 57.1 Å². The summed E-state index contributed by atoms with van der Waals surface area (Å²) < 4.78 is 16.5. The van der Waals surface area contributed by atoms with E-state index in [-0.39, 0.29) is 30.1 Å². The molecule has 0 bridgehead atoms. The highest BCUT2D eigenvalue weighted by atomic mass is 127. The van der Waals surface area contributed by atoms with E-state index in [1.54, 1.807) is 13.2 Å². The van der Waals surface area contributed by atoms with Crippen molar-refractivity contribution in [3.8, 4) is 5.88 Å². The second-order valence-electron chi connectivity index (χ2n) is 6.10. The van der Waals surface area contributed by atoms with Crippen molar-refractivity contribution >= 4 is 29.9 Å². The molecule has 0 aliphatic carbocycles. The normalized spacial score (nSPS) is 11.2. The van der Waals surface area contributed by atoms with E-state index in [0.29, 0.717) is 38.8 Å². The monoisotopic (exact) mass is 494 g/mol. The zero-order valence-corrected chi connectivity index (χ0v) is 19.3. The maximum absolute atomic E-state index is 5.54. The van der Waals surface area contributed by atoms with Gasteiger partial charge in [0.2, 0.25) is 5.88 Å². The first-order valence-electron chi connectivity index (χ1n) is 9.37. The first-order valence-corrected chi connectivity index (χ1v) is 9.37. The predicted octanol–water partition coefficient (Wildman–Crippen LogP) is 2.99. The van der Waals surface area contributed by atoms with Crippen LogP contribution in [0, 0.1) is 0 Å². The van der Waals surface area contributed by atoms with Crippen molar-refractivity contribution in [2.75, 3.05) is 40.0 Å². The van der Waals surface area contributed by atoms with Gasteiger partial charge in [0, 0.05) is 39.0 Å². The van der Waals surface area contributed by atoms with Gasteiger partial charge in [0.15, 0.2) is 5.96 Å². The van der Waals surface area contributed by atoms with Gasteiger partial charge in [-0.15, -0.1) is 24.0 Å². The van der Waals surface area contributed by atoms with Crippen LogP contribution in [0.25, 0.3) is 0 Å². The molecule has 0 aliphatic heterocycles. The summed E-state index contributed by atoms with van der Waals surface area (Å²) in [7, 11) is 1.75. The van der Waals surface area contributed by atoms with Crippen LogP contribution >= 0.6 is 24.0 Å². The van der Waals surface area contributed by atoms with Crippen molar-refractivity contribution < 1.29 is 14.2 Å². The van der Waals surface area contributed by atoms with Gasteiger partial charge in [-0.05, 0) is 25.8 Å².